The second-order valence-corrected chi connectivity index (χ2v) is 5.87. The van der Waals surface area contributed by atoms with Gasteiger partial charge in [0.15, 0.2) is 0 Å². The number of rotatable bonds is 7. The van der Waals surface area contributed by atoms with E-state index in [4.69, 9.17) is 0 Å². The van der Waals surface area contributed by atoms with Crippen LogP contribution in [-0.2, 0) is 13.1 Å². The molecule has 1 heterocycles. The molecule has 0 amide bonds. The molecular formula is C16H27N3S. The largest absolute Gasteiger partial charge is 0.312 e. The zero-order valence-corrected chi connectivity index (χ0v) is 13.4. The van der Waals surface area contributed by atoms with Crippen LogP contribution in [0, 0.1) is 0 Å². The topological polar surface area (TPSA) is 18.5 Å². The maximum absolute atomic E-state index is 4.20. The normalized spacial score (nSPS) is 17.5. The van der Waals surface area contributed by atoms with E-state index in [1.807, 2.05) is 0 Å². The van der Waals surface area contributed by atoms with Gasteiger partial charge in [-0.1, -0.05) is 31.2 Å². The summed E-state index contributed by atoms with van der Waals surface area (Å²) < 4.78 is 0. The van der Waals surface area contributed by atoms with Crippen LogP contribution >= 0.6 is 12.6 Å². The van der Waals surface area contributed by atoms with E-state index in [-0.39, 0.29) is 0 Å². The van der Waals surface area contributed by atoms with E-state index in [1.165, 1.54) is 43.9 Å². The summed E-state index contributed by atoms with van der Waals surface area (Å²) in [5.41, 5.74) is 2.78. The van der Waals surface area contributed by atoms with Crippen LogP contribution < -0.4 is 5.32 Å². The van der Waals surface area contributed by atoms with E-state index in [2.05, 4.69) is 58.9 Å². The van der Waals surface area contributed by atoms with Gasteiger partial charge in [0.2, 0.25) is 0 Å². The molecule has 0 unspecified atom stereocenters. The van der Waals surface area contributed by atoms with Crippen molar-refractivity contribution in [3.63, 3.8) is 0 Å². The fourth-order valence-corrected chi connectivity index (χ4v) is 2.75. The van der Waals surface area contributed by atoms with Gasteiger partial charge in [0, 0.05) is 51.6 Å². The molecule has 0 radical (unpaired) electrons. The molecule has 2 rings (SSSR count). The molecule has 3 nitrogen and oxygen atoms in total. The van der Waals surface area contributed by atoms with Crippen molar-refractivity contribution in [1.29, 1.82) is 0 Å². The van der Waals surface area contributed by atoms with Crippen LogP contribution in [0.3, 0.4) is 0 Å². The van der Waals surface area contributed by atoms with Crippen LogP contribution in [0.2, 0.25) is 0 Å². The van der Waals surface area contributed by atoms with Crippen LogP contribution in [0.1, 0.15) is 18.1 Å². The molecule has 0 saturated carbocycles. The van der Waals surface area contributed by atoms with Crippen molar-refractivity contribution < 1.29 is 0 Å². The monoisotopic (exact) mass is 293 g/mol. The molecule has 1 aliphatic heterocycles. The zero-order chi connectivity index (χ0) is 14.2. The second-order valence-electron chi connectivity index (χ2n) is 5.43. The molecule has 0 bridgehead atoms. The number of piperazine rings is 1. The Labute approximate surface area is 128 Å². The van der Waals surface area contributed by atoms with Crippen molar-refractivity contribution in [2.45, 2.75) is 20.0 Å². The SMILES string of the molecule is CCN1CCN(Cc2ccc(CNCCS)cc2)CC1. The maximum atomic E-state index is 4.20. The molecule has 1 aromatic rings. The number of hydrogen-bond acceptors (Lipinski definition) is 4. The van der Waals surface area contributed by atoms with Crippen LogP contribution in [-0.4, -0.2) is 54.8 Å². The zero-order valence-electron chi connectivity index (χ0n) is 12.5. The van der Waals surface area contributed by atoms with Gasteiger partial charge in [0.1, 0.15) is 0 Å². The van der Waals surface area contributed by atoms with Crippen molar-refractivity contribution >= 4 is 12.6 Å². The van der Waals surface area contributed by atoms with Gasteiger partial charge in [-0.05, 0) is 17.7 Å². The second kappa shape index (κ2) is 8.67. The van der Waals surface area contributed by atoms with Crippen LogP contribution in [0.4, 0.5) is 0 Å². The van der Waals surface area contributed by atoms with Crippen molar-refractivity contribution in [3.05, 3.63) is 35.4 Å². The van der Waals surface area contributed by atoms with Gasteiger partial charge in [-0.3, -0.25) is 4.90 Å². The van der Waals surface area contributed by atoms with Gasteiger partial charge in [-0.15, -0.1) is 0 Å². The Hall–Kier alpha value is -0.550. The number of nitrogens with one attached hydrogen (secondary N) is 1. The highest BCUT2D eigenvalue weighted by Crippen LogP contribution is 2.10. The highest BCUT2D eigenvalue weighted by atomic mass is 32.1. The Morgan fingerprint density at radius 1 is 1.00 bits per heavy atom. The fourth-order valence-electron chi connectivity index (χ4n) is 2.60. The summed E-state index contributed by atoms with van der Waals surface area (Å²) in [7, 11) is 0. The van der Waals surface area contributed by atoms with Gasteiger partial charge in [0.05, 0.1) is 0 Å². The average molecular weight is 293 g/mol. The van der Waals surface area contributed by atoms with Crippen molar-refractivity contribution in [2.75, 3.05) is 45.0 Å². The summed E-state index contributed by atoms with van der Waals surface area (Å²) in [5.74, 6) is 0.891. The average Bonchev–Trinajstić information content (AvgIpc) is 2.50. The summed E-state index contributed by atoms with van der Waals surface area (Å²) in [6.45, 7) is 11.2. The predicted octanol–water partition coefficient (Wildman–Crippen LogP) is 1.84. The summed E-state index contributed by atoms with van der Waals surface area (Å²) in [6.07, 6.45) is 0. The molecule has 0 aliphatic carbocycles. The minimum atomic E-state index is 0.891. The van der Waals surface area contributed by atoms with Gasteiger partial charge >= 0.3 is 0 Å². The third-order valence-electron chi connectivity index (χ3n) is 3.96. The molecule has 112 valence electrons. The lowest BCUT2D eigenvalue weighted by Crippen LogP contribution is -2.45. The van der Waals surface area contributed by atoms with Crippen LogP contribution in [0.15, 0.2) is 24.3 Å². The minimum Gasteiger partial charge on any atom is -0.312 e. The molecular weight excluding hydrogens is 266 g/mol. The van der Waals surface area contributed by atoms with Crippen molar-refractivity contribution in [1.82, 2.24) is 15.1 Å². The first-order valence-corrected chi connectivity index (χ1v) is 8.29. The Morgan fingerprint density at radius 2 is 1.60 bits per heavy atom. The Morgan fingerprint density at radius 3 is 2.20 bits per heavy atom. The van der Waals surface area contributed by atoms with Gasteiger partial charge in [0.25, 0.3) is 0 Å². The quantitative estimate of drug-likeness (QED) is 0.591. The summed E-state index contributed by atoms with van der Waals surface area (Å²) >= 11 is 4.20. The number of likely N-dealkylation sites (N-methyl/N-ethyl adjacent to an activating group) is 1. The number of thiol groups is 1. The van der Waals surface area contributed by atoms with E-state index in [0.717, 1.165) is 25.4 Å². The van der Waals surface area contributed by atoms with Gasteiger partial charge in [-0.25, -0.2) is 0 Å². The number of hydrogen-bond donors (Lipinski definition) is 2. The smallest absolute Gasteiger partial charge is 0.0234 e. The minimum absolute atomic E-state index is 0.891. The summed E-state index contributed by atoms with van der Waals surface area (Å²) in [6, 6.07) is 9.01. The first-order chi connectivity index (χ1) is 9.81. The van der Waals surface area contributed by atoms with Crippen LogP contribution in [0.25, 0.3) is 0 Å². The first-order valence-electron chi connectivity index (χ1n) is 7.66. The molecule has 4 heteroatoms. The first kappa shape index (κ1) is 15.8. The molecule has 0 atom stereocenters. The highest BCUT2D eigenvalue weighted by molar-refractivity contribution is 7.80. The van der Waals surface area contributed by atoms with Crippen LogP contribution in [0.5, 0.6) is 0 Å². The third kappa shape index (κ3) is 5.09. The van der Waals surface area contributed by atoms with Crippen molar-refractivity contribution in [2.24, 2.45) is 0 Å². The number of nitrogens with zero attached hydrogens (tertiary/aromatic N) is 2. The lowest BCUT2D eigenvalue weighted by Gasteiger charge is -2.34. The molecule has 1 fully saturated rings. The van der Waals surface area contributed by atoms with Crippen molar-refractivity contribution in [3.8, 4) is 0 Å². The summed E-state index contributed by atoms with van der Waals surface area (Å²) in [5, 5.41) is 3.37. The molecule has 1 aliphatic rings. The number of benzene rings is 1. The molecule has 20 heavy (non-hydrogen) atoms. The molecule has 1 aromatic carbocycles. The summed E-state index contributed by atoms with van der Waals surface area (Å²) in [4.78, 5) is 5.08. The predicted molar refractivity (Wildman–Crippen MR) is 89.4 cm³/mol. The van der Waals surface area contributed by atoms with Gasteiger partial charge < -0.3 is 10.2 Å². The third-order valence-corrected chi connectivity index (χ3v) is 4.18. The Balaban J connectivity index is 1.76. The van der Waals surface area contributed by atoms with Gasteiger partial charge in [-0.2, -0.15) is 12.6 Å². The van der Waals surface area contributed by atoms with E-state index in [0.29, 0.717) is 0 Å². The van der Waals surface area contributed by atoms with E-state index in [1.54, 1.807) is 0 Å². The van der Waals surface area contributed by atoms with E-state index < -0.39 is 0 Å². The maximum Gasteiger partial charge on any atom is 0.0234 e. The lowest BCUT2D eigenvalue weighted by atomic mass is 10.1. The molecule has 1 N–H and O–H groups in total. The standard InChI is InChI=1S/C16H27N3S/c1-2-18-8-10-19(11-9-18)14-16-5-3-15(4-6-16)13-17-7-12-20/h3-6,17,20H,2,7-14H2,1H3. The molecule has 0 aromatic heterocycles. The van der Waals surface area contributed by atoms with E-state index in [9.17, 15) is 0 Å². The molecule has 1 saturated heterocycles. The highest BCUT2D eigenvalue weighted by Gasteiger charge is 2.15. The fraction of sp³-hybridized carbons (Fsp3) is 0.625. The lowest BCUT2D eigenvalue weighted by molar-refractivity contribution is 0.132. The Kier molecular flexibility index (Phi) is 6.87. The molecule has 0 spiro atoms. The van der Waals surface area contributed by atoms with E-state index >= 15 is 0 Å². The Bertz CT molecular complexity index is 372.